The first-order valence-electron chi connectivity index (χ1n) is 5.97. The minimum Gasteiger partial charge on any atom is -0.309 e. The number of aromatic nitrogens is 1. The Kier molecular flexibility index (Phi) is 5.45. The number of halogens is 3. The average Bonchev–Trinajstić information content (AvgIpc) is 2.47. The van der Waals surface area contributed by atoms with Gasteiger partial charge in [-0.25, -0.2) is 9.37 Å². The number of benzene rings is 1. The van der Waals surface area contributed by atoms with E-state index in [4.69, 9.17) is 23.2 Å². The maximum absolute atomic E-state index is 13.4. The van der Waals surface area contributed by atoms with Crippen LogP contribution in [0.1, 0.15) is 5.56 Å². The van der Waals surface area contributed by atoms with Crippen molar-refractivity contribution < 1.29 is 9.18 Å². The molecule has 1 aromatic carbocycles. The van der Waals surface area contributed by atoms with Gasteiger partial charge in [0.15, 0.2) is 5.82 Å². The second kappa shape index (κ2) is 7.11. The Balaban J connectivity index is 2.00. The molecule has 3 nitrogen and oxygen atoms in total. The summed E-state index contributed by atoms with van der Waals surface area (Å²) in [5, 5.41) is 3.31. The van der Waals surface area contributed by atoms with Gasteiger partial charge >= 0.3 is 0 Å². The lowest BCUT2D eigenvalue weighted by molar-refractivity contribution is -0.113. The van der Waals surface area contributed by atoms with Crippen LogP contribution in [0, 0.1) is 12.7 Å². The van der Waals surface area contributed by atoms with Gasteiger partial charge in [0, 0.05) is 11.1 Å². The van der Waals surface area contributed by atoms with E-state index in [-0.39, 0.29) is 23.3 Å². The molecule has 0 unspecified atom stereocenters. The van der Waals surface area contributed by atoms with Crippen LogP contribution in [0.3, 0.4) is 0 Å². The summed E-state index contributed by atoms with van der Waals surface area (Å²) in [5.74, 6) is -0.369. The molecule has 0 fully saturated rings. The van der Waals surface area contributed by atoms with Crippen LogP contribution in [-0.2, 0) is 4.79 Å². The highest BCUT2D eigenvalue weighted by Gasteiger charge is 2.12. The van der Waals surface area contributed by atoms with Crippen molar-refractivity contribution in [2.45, 2.75) is 11.8 Å². The Morgan fingerprint density at radius 1 is 1.38 bits per heavy atom. The third-order valence-electron chi connectivity index (χ3n) is 2.66. The minimum absolute atomic E-state index is 0.0562. The zero-order valence-electron chi connectivity index (χ0n) is 11.0. The maximum Gasteiger partial charge on any atom is 0.235 e. The Bertz CT molecular complexity index is 682. The number of nitrogens with one attached hydrogen (secondary N) is 1. The summed E-state index contributed by atoms with van der Waals surface area (Å²) in [6.07, 6.45) is 1.42. The van der Waals surface area contributed by atoms with E-state index in [1.807, 2.05) is 0 Å². The number of carbonyl (C=O) groups is 1. The highest BCUT2D eigenvalue weighted by Crippen LogP contribution is 2.29. The fourth-order valence-corrected chi connectivity index (χ4v) is 2.65. The first-order chi connectivity index (χ1) is 9.99. The Morgan fingerprint density at radius 2 is 2.10 bits per heavy atom. The van der Waals surface area contributed by atoms with Crippen molar-refractivity contribution in [3.63, 3.8) is 0 Å². The predicted octanol–water partition coefficient (Wildman–Crippen LogP) is 4.57. The number of thioether (sulfide) groups is 1. The number of pyridine rings is 1. The Labute approximate surface area is 135 Å². The van der Waals surface area contributed by atoms with Gasteiger partial charge in [-0.1, -0.05) is 35.3 Å². The molecule has 0 saturated heterocycles. The molecule has 1 amide bonds. The van der Waals surface area contributed by atoms with Crippen molar-refractivity contribution in [3.05, 3.63) is 51.9 Å². The van der Waals surface area contributed by atoms with Crippen molar-refractivity contribution in [2.75, 3.05) is 11.1 Å². The molecular weight excluding hydrogens is 334 g/mol. The van der Waals surface area contributed by atoms with Crippen LogP contribution in [0.15, 0.2) is 35.4 Å². The van der Waals surface area contributed by atoms with E-state index < -0.39 is 0 Å². The quantitative estimate of drug-likeness (QED) is 0.826. The average molecular weight is 345 g/mol. The van der Waals surface area contributed by atoms with Gasteiger partial charge < -0.3 is 5.32 Å². The number of carbonyl (C=O) groups excluding carboxylic acids is 1. The largest absolute Gasteiger partial charge is 0.309 e. The zero-order valence-corrected chi connectivity index (χ0v) is 13.3. The molecule has 1 N–H and O–H groups in total. The van der Waals surface area contributed by atoms with E-state index in [2.05, 4.69) is 10.3 Å². The van der Waals surface area contributed by atoms with E-state index in [0.29, 0.717) is 20.5 Å². The van der Waals surface area contributed by atoms with E-state index in [9.17, 15) is 9.18 Å². The van der Waals surface area contributed by atoms with Gasteiger partial charge in [0.1, 0.15) is 5.82 Å². The second-order valence-corrected chi connectivity index (χ2v) is 5.96. The molecule has 0 aliphatic carbocycles. The summed E-state index contributed by atoms with van der Waals surface area (Å²) in [6, 6.07) is 6.27. The van der Waals surface area contributed by atoms with Crippen LogP contribution in [0.25, 0.3) is 0 Å². The Hall–Kier alpha value is -1.30. The highest BCUT2D eigenvalue weighted by atomic mass is 35.5. The topological polar surface area (TPSA) is 42.0 Å². The standard InChI is InChI=1S/C14H11Cl2FN2OS/c1-8-9(15)6-18-14(13(8)16)19-12(20)7-21-11-5-3-2-4-10(11)17/h2-6H,7H2,1H3,(H,18,19,20). The van der Waals surface area contributed by atoms with Crippen molar-refractivity contribution in [2.24, 2.45) is 0 Å². The van der Waals surface area contributed by atoms with Crippen molar-refractivity contribution >= 4 is 46.7 Å². The van der Waals surface area contributed by atoms with Gasteiger partial charge in [0.2, 0.25) is 5.91 Å². The molecule has 0 spiro atoms. The molecule has 1 heterocycles. The maximum atomic E-state index is 13.4. The van der Waals surface area contributed by atoms with Crippen LogP contribution in [0.2, 0.25) is 10.0 Å². The van der Waals surface area contributed by atoms with Crippen LogP contribution < -0.4 is 5.32 Å². The first kappa shape index (κ1) is 16.1. The summed E-state index contributed by atoms with van der Waals surface area (Å²) in [6.45, 7) is 1.73. The summed E-state index contributed by atoms with van der Waals surface area (Å²) in [7, 11) is 0. The van der Waals surface area contributed by atoms with Gasteiger partial charge in [0.25, 0.3) is 0 Å². The lowest BCUT2D eigenvalue weighted by Gasteiger charge is -2.09. The van der Waals surface area contributed by atoms with E-state index in [1.165, 1.54) is 12.3 Å². The molecule has 0 aliphatic heterocycles. The van der Waals surface area contributed by atoms with Gasteiger partial charge in [0.05, 0.1) is 15.8 Å². The van der Waals surface area contributed by atoms with Crippen molar-refractivity contribution in [1.29, 1.82) is 0 Å². The summed E-state index contributed by atoms with van der Waals surface area (Å²) >= 11 is 13.0. The molecule has 2 aromatic rings. The minimum atomic E-state index is -0.353. The number of amides is 1. The summed E-state index contributed by atoms with van der Waals surface area (Å²) in [5.41, 5.74) is 0.644. The number of rotatable bonds is 4. The molecule has 0 atom stereocenters. The molecule has 0 radical (unpaired) electrons. The van der Waals surface area contributed by atoms with E-state index in [1.54, 1.807) is 25.1 Å². The molecule has 0 aliphatic rings. The van der Waals surface area contributed by atoms with Gasteiger partial charge in [-0.2, -0.15) is 0 Å². The normalized spacial score (nSPS) is 10.5. The van der Waals surface area contributed by atoms with Gasteiger partial charge in [-0.3, -0.25) is 4.79 Å². The lowest BCUT2D eigenvalue weighted by atomic mass is 10.3. The SMILES string of the molecule is Cc1c(Cl)cnc(NC(=O)CSc2ccccc2F)c1Cl. The van der Waals surface area contributed by atoms with Crippen LogP contribution >= 0.6 is 35.0 Å². The molecule has 2 rings (SSSR count). The number of anilines is 1. The van der Waals surface area contributed by atoms with Crippen molar-refractivity contribution in [3.8, 4) is 0 Å². The van der Waals surface area contributed by atoms with Gasteiger partial charge in [-0.15, -0.1) is 11.8 Å². The van der Waals surface area contributed by atoms with Crippen molar-refractivity contribution in [1.82, 2.24) is 4.98 Å². The smallest absolute Gasteiger partial charge is 0.235 e. The number of hydrogen-bond acceptors (Lipinski definition) is 3. The van der Waals surface area contributed by atoms with Gasteiger partial charge in [-0.05, 0) is 24.6 Å². The Morgan fingerprint density at radius 3 is 2.81 bits per heavy atom. The second-order valence-electron chi connectivity index (χ2n) is 4.16. The molecular formula is C14H11Cl2FN2OS. The predicted molar refractivity (Wildman–Crippen MR) is 84.7 cm³/mol. The highest BCUT2D eigenvalue weighted by molar-refractivity contribution is 8.00. The monoisotopic (exact) mass is 344 g/mol. The molecule has 0 bridgehead atoms. The fourth-order valence-electron chi connectivity index (χ4n) is 1.52. The fraction of sp³-hybridized carbons (Fsp3) is 0.143. The summed E-state index contributed by atoms with van der Waals surface area (Å²) < 4.78 is 13.4. The summed E-state index contributed by atoms with van der Waals surface area (Å²) in [4.78, 5) is 16.2. The lowest BCUT2D eigenvalue weighted by Crippen LogP contribution is -2.15. The number of hydrogen-bond donors (Lipinski definition) is 1. The van der Waals surface area contributed by atoms with Crippen LogP contribution in [0.4, 0.5) is 10.2 Å². The van der Waals surface area contributed by atoms with E-state index in [0.717, 1.165) is 11.8 Å². The zero-order chi connectivity index (χ0) is 15.4. The third kappa shape index (κ3) is 4.09. The molecule has 1 aromatic heterocycles. The molecule has 7 heteroatoms. The van der Waals surface area contributed by atoms with Crippen LogP contribution in [-0.4, -0.2) is 16.6 Å². The first-order valence-corrected chi connectivity index (χ1v) is 7.71. The third-order valence-corrected chi connectivity index (χ3v) is 4.55. The number of nitrogens with zero attached hydrogens (tertiary/aromatic N) is 1. The van der Waals surface area contributed by atoms with Crippen LogP contribution in [0.5, 0.6) is 0 Å². The molecule has 110 valence electrons. The molecule has 0 saturated carbocycles. The van der Waals surface area contributed by atoms with E-state index >= 15 is 0 Å². The molecule has 21 heavy (non-hydrogen) atoms.